The van der Waals surface area contributed by atoms with Crippen LogP contribution in [0.1, 0.15) is 142 Å². The van der Waals surface area contributed by atoms with Gasteiger partial charge in [-0.1, -0.05) is 228 Å². The molecule has 0 aliphatic rings. The molecule has 2 heterocycles. The lowest BCUT2D eigenvalue weighted by Crippen LogP contribution is -2.42. The largest absolute Gasteiger partial charge is 0.499 e. The number of hydrogen-bond donors (Lipinski definition) is 7. The number of H-pyrrole nitrogens is 2. The molecule has 8 N–H and O–H groups in total. The molecular formula is C77H95Br3ClN7O15Si. The Morgan fingerprint density at radius 2 is 0.962 bits per heavy atom. The lowest BCUT2D eigenvalue weighted by Gasteiger charge is -2.36. The average molecular weight is 1660 g/mol. The molecule has 2 aromatic heterocycles. The van der Waals surface area contributed by atoms with Crippen molar-refractivity contribution in [1.82, 2.24) is 25.3 Å². The van der Waals surface area contributed by atoms with Gasteiger partial charge in [-0.05, 0) is 111 Å². The van der Waals surface area contributed by atoms with Crippen molar-refractivity contribution in [2.45, 2.75) is 151 Å². The molecule has 104 heavy (non-hydrogen) atoms. The Kier molecular flexibility index (Phi) is 37.4. The van der Waals surface area contributed by atoms with E-state index in [0.717, 1.165) is 67.1 Å². The van der Waals surface area contributed by atoms with E-state index in [0.29, 0.717) is 29.7 Å². The number of halogens is 4. The number of carbonyl (C=O) groups is 4. The minimum absolute atomic E-state index is 0. The van der Waals surface area contributed by atoms with Gasteiger partial charge in [-0.15, -0.1) is 12.4 Å². The molecule has 27 heteroatoms. The molecular weight excluding hydrogens is 1570 g/mol. The Bertz CT molecular complexity index is 4220. The van der Waals surface area contributed by atoms with Crippen LogP contribution < -0.4 is 31.6 Å². The molecule has 8 rings (SSSR count). The van der Waals surface area contributed by atoms with E-state index in [2.05, 4.69) is 125 Å². The molecule has 560 valence electrons. The standard InChI is InChI=1S/C23H23BrN2O4.C19H15BrN2O4.C16H20O6.C11H27NOSi.C8H9BrN2.ClH/c1-23(2,3)30-22(28)19-20(29-14-15-9-5-4-6-10-15)21(27)26-18(25-19)13-16-11-7-8-12-17(16)24;20-14-9-5-4-8-13(14)10-15-21-16(19(24)25)17(18(23)22-15)26-11-12-6-2-1-3-7-12;1-16(2,3)22-14(18)12(17)13(15(19)20-4)21-10-11-8-6-5-7-9-11;1-10(2)12-8-9-13-14(6,7)11(3,4)5;9-7-4-2-1-3-6(7)5-8(10)11;/h4-12H,13-14H2,1-3H3,(H,25,26,27);1-9H,10-11H2,(H,24,25)(H,21,22,23);5-9,17H,10H2,1-4H3;10,12H,8-9H2,1-7H3;1-4H,5H2,(H3,10,11);1H/b;;13-12+;;;. The van der Waals surface area contributed by atoms with Gasteiger partial charge in [-0.2, -0.15) is 0 Å². The second-order valence-electron chi connectivity index (χ2n) is 26.7. The number of aromatic carboxylic acids is 1. The quantitative estimate of drug-likeness (QED) is 0.00432. The highest BCUT2D eigenvalue weighted by atomic mass is 79.9. The fourth-order valence-electron chi connectivity index (χ4n) is 8.35. The Morgan fingerprint density at radius 3 is 1.34 bits per heavy atom. The number of carboxylic acid groups (broad SMARTS) is 1. The van der Waals surface area contributed by atoms with Crippen LogP contribution >= 0.6 is 60.2 Å². The Hall–Kier alpha value is -8.76. The van der Waals surface area contributed by atoms with Crippen LogP contribution in [0.4, 0.5) is 0 Å². The summed E-state index contributed by atoms with van der Waals surface area (Å²) in [6, 6.07) is 50.9. The molecule has 0 amide bonds. The summed E-state index contributed by atoms with van der Waals surface area (Å²) in [7, 11) is -0.395. The highest BCUT2D eigenvalue weighted by molar-refractivity contribution is 9.11. The molecule has 0 aliphatic carbocycles. The first-order chi connectivity index (χ1) is 48.4. The van der Waals surface area contributed by atoms with Crippen LogP contribution in [-0.4, -0.2) is 106 Å². The predicted molar refractivity (Wildman–Crippen MR) is 419 cm³/mol. The van der Waals surface area contributed by atoms with E-state index in [1.54, 1.807) is 65.8 Å². The molecule has 0 fully saturated rings. The molecule has 0 saturated heterocycles. The number of benzene rings is 6. The molecule has 8 aromatic rings. The van der Waals surface area contributed by atoms with E-state index in [1.807, 2.05) is 140 Å². The number of amidine groups is 1. The summed E-state index contributed by atoms with van der Waals surface area (Å²) in [6.45, 7) is 27.9. The van der Waals surface area contributed by atoms with Gasteiger partial charge in [0.15, 0.2) is 19.7 Å². The van der Waals surface area contributed by atoms with Gasteiger partial charge in [-0.3, -0.25) is 15.0 Å². The maximum Gasteiger partial charge on any atom is 0.378 e. The number of rotatable bonds is 24. The SMILES string of the molecule is CC(C)(C)OC(=O)c1nc(Cc2ccccc2Br)[nH]c(=O)c1OCc1ccccc1.CC(C)NCCO[Si](C)(C)C(C)(C)C.COC(=O)/C(OCc1ccccc1)=C(\O)C(=O)OC(C)(C)C.Cl.N=C(N)Cc1ccccc1Br.O=C(O)c1nc(Cc2ccccc2Br)[nH]c(=O)c1OCc1ccccc1. The van der Waals surface area contributed by atoms with Gasteiger partial charge >= 0.3 is 23.9 Å². The highest BCUT2D eigenvalue weighted by Gasteiger charge is 2.37. The predicted octanol–water partition coefficient (Wildman–Crippen LogP) is 15.9. The number of carbonyl (C=O) groups excluding carboxylic acids is 3. The highest BCUT2D eigenvalue weighted by Crippen LogP contribution is 2.36. The van der Waals surface area contributed by atoms with Crippen molar-refractivity contribution in [1.29, 1.82) is 5.41 Å². The lowest BCUT2D eigenvalue weighted by atomic mass is 10.1. The number of ether oxygens (including phenoxy) is 6. The summed E-state index contributed by atoms with van der Waals surface area (Å²) in [5.41, 5.74) is 7.35. The summed E-state index contributed by atoms with van der Waals surface area (Å²) in [6.07, 6.45) is 1.14. The number of aromatic amines is 2. The molecule has 22 nitrogen and oxygen atoms in total. The maximum atomic E-state index is 12.8. The number of aromatic nitrogens is 4. The lowest BCUT2D eigenvalue weighted by molar-refractivity contribution is -0.155. The number of esters is 3. The maximum absolute atomic E-state index is 12.8. The van der Waals surface area contributed by atoms with Crippen molar-refractivity contribution in [3.05, 3.63) is 266 Å². The number of hydrogen-bond acceptors (Lipinski definition) is 18. The first kappa shape index (κ1) is 89.5. The second-order valence-corrected chi connectivity index (χ2v) is 34.1. The first-order valence-electron chi connectivity index (χ1n) is 32.8. The molecule has 0 saturated carbocycles. The van der Waals surface area contributed by atoms with Crippen LogP contribution in [0, 0.1) is 5.41 Å². The van der Waals surface area contributed by atoms with E-state index >= 15 is 0 Å². The number of nitrogens with one attached hydrogen (secondary N) is 4. The summed E-state index contributed by atoms with van der Waals surface area (Å²) in [5, 5.41) is 30.1. The minimum atomic E-state index is -1.52. The van der Waals surface area contributed by atoms with E-state index in [9.17, 15) is 39.0 Å². The normalized spacial score (nSPS) is 11.3. The molecule has 0 aliphatic heterocycles. The molecule has 0 radical (unpaired) electrons. The van der Waals surface area contributed by atoms with Crippen LogP contribution in [0.5, 0.6) is 11.5 Å². The van der Waals surface area contributed by atoms with Crippen LogP contribution in [-0.2, 0) is 72.0 Å². The summed E-state index contributed by atoms with van der Waals surface area (Å²) in [4.78, 5) is 86.8. The van der Waals surface area contributed by atoms with Crippen molar-refractivity contribution >= 4 is 98.2 Å². The molecule has 0 spiro atoms. The van der Waals surface area contributed by atoms with Gasteiger partial charge in [0.2, 0.25) is 11.5 Å². The summed E-state index contributed by atoms with van der Waals surface area (Å²) < 4.78 is 40.1. The number of aliphatic hydroxyl groups excluding tert-OH is 1. The zero-order valence-electron chi connectivity index (χ0n) is 61.0. The molecule has 0 unspecified atom stereocenters. The van der Waals surface area contributed by atoms with E-state index in [-0.39, 0.29) is 67.5 Å². The molecule has 6 aromatic carbocycles. The van der Waals surface area contributed by atoms with E-state index in [4.69, 9.17) is 39.3 Å². The van der Waals surface area contributed by atoms with Crippen molar-refractivity contribution in [2.24, 2.45) is 5.73 Å². The Labute approximate surface area is 640 Å². The van der Waals surface area contributed by atoms with Crippen molar-refractivity contribution < 1.29 is 62.2 Å². The number of methoxy groups -OCH3 is 1. The van der Waals surface area contributed by atoms with E-state index in [1.165, 1.54) is 0 Å². The molecule has 0 atom stereocenters. The first-order valence-corrected chi connectivity index (χ1v) is 38.1. The van der Waals surface area contributed by atoms with Gasteiger partial charge in [-0.25, -0.2) is 29.1 Å². The Balaban J connectivity index is 0.000000350. The smallest absolute Gasteiger partial charge is 0.378 e. The zero-order chi connectivity index (χ0) is 76.7. The second kappa shape index (κ2) is 43.5. The minimum Gasteiger partial charge on any atom is -0.499 e. The van der Waals surface area contributed by atoms with Gasteiger partial charge < -0.3 is 64.1 Å². The van der Waals surface area contributed by atoms with Crippen molar-refractivity contribution in [3.63, 3.8) is 0 Å². The average Bonchev–Trinajstić information content (AvgIpc) is 0.819. The fraction of sp³-hybridized carbons (Fsp3) is 0.338. The third-order valence-electron chi connectivity index (χ3n) is 14.4. The van der Waals surface area contributed by atoms with Crippen molar-refractivity contribution in [3.8, 4) is 11.5 Å². The topological polar surface area (TPSA) is 327 Å². The third-order valence-corrected chi connectivity index (χ3v) is 21.3. The monoisotopic (exact) mass is 1660 g/mol. The third kappa shape index (κ3) is 32.5. The van der Waals surface area contributed by atoms with Gasteiger partial charge in [0, 0.05) is 51.9 Å². The fourth-order valence-corrected chi connectivity index (χ4v) is 10.7. The number of nitrogens with two attached hydrogens (primary N) is 1. The summed E-state index contributed by atoms with van der Waals surface area (Å²) >= 11 is 10.3. The molecule has 0 bridgehead atoms. The van der Waals surface area contributed by atoms with Crippen molar-refractivity contribution in [2.75, 3.05) is 20.3 Å². The van der Waals surface area contributed by atoms with E-state index < -0.39 is 71.7 Å². The number of nitrogens with zero attached hydrogens (tertiary/aromatic N) is 2. The van der Waals surface area contributed by atoms with Gasteiger partial charge in [0.05, 0.1) is 12.9 Å². The van der Waals surface area contributed by atoms with Crippen LogP contribution in [0.3, 0.4) is 0 Å². The Morgan fingerprint density at radius 1 is 0.577 bits per heavy atom. The summed E-state index contributed by atoms with van der Waals surface area (Å²) in [5.74, 6) is -5.18. The number of aliphatic hydroxyl groups is 1. The van der Waals surface area contributed by atoms with Gasteiger partial charge in [0.25, 0.3) is 22.6 Å². The number of carboxylic acids is 1. The van der Waals surface area contributed by atoms with Crippen LogP contribution in [0.25, 0.3) is 0 Å². The van der Waals surface area contributed by atoms with Crippen LogP contribution in [0.15, 0.2) is 198 Å². The van der Waals surface area contributed by atoms with Crippen LogP contribution in [0.2, 0.25) is 18.1 Å². The van der Waals surface area contributed by atoms with Gasteiger partial charge in [0.1, 0.15) is 42.7 Å². The zero-order valence-corrected chi connectivity index (χ0v) is 67.6.